The van der Waals surface area contributed by atoms with Gasteiger partial charge in [-0.2, -0.15) is 0 Å². The van der Waals surface area contributed by atoms with Crippen molar-refractivity contribution in [3.8, 4) is 0 Å². The first-order valence-corrected chi connectivity index (χ1v) is 6.53. The van der Waals surface area contributed by atoms with Crippen molar-refractivity contribution in [1.82, 2.24) is 4.98 Å². The Hall–Kier alpha value is -0.850. The average Bonchev–Trinajstić information content (AvgIpc) is 2.68. The number of hydrogen-bond donors (Lipinski definition) is 0. The summed E-state index contributed by atoms with van der Waals surface area (Å²) >= 11 is 0. The molecule has 1 aromatic heterocycles. The number of fused-ring (bicyclic) bond motifs is 1. The van der Waals surface area contributed by atoms with Gasteiger partial charge in [0.05, 0.1) is 0 Å². The van der Waals surface area contributed by atoms with E-state index in [1.165, 1.54) is 24.8 Å². The summed E-state index contributed by atoms with van der Waals surface area (Å²) in [6, 6.07) is 2.23. The number of pyridine rings is 1. The molecule has 0 saturated heterocycles. The van der Waals surface area contributed by atoms with E-state index >= 15 is 0 Å². The average molecular weight is 217 g/mol. The molecule has 2 unspecified atom stereocenters. The first-order valence-electron chi connectivity index (χ1n) is 6.53. The Balaban J connectivity index is 2.34. The molecule has 0 radical (unpaired) electrons. The van der Waals surface area contributed by atoms with Crippen molar-refractivity contribution in [3.05, 3.63) is 29.6 Å². The Bertz CT molecular complexity index is 367. The molecule has 0 N–H and O–H groups in total. The molecule has 0 spiro atoms. The van der Waals surface area contributed by atoms with E-state index in [1.54, 1.807) is 5.56 Å². The Kier molecular flexibility index (Phi) is 3.05. The second kappa shape index (κ2) is 4.20. The molecule has 16 heavy (non-hydrogen) atoms. The third-order valence-electron chi connectivity index (χ3n) is 4.62. The van der Waals surface area contributed by atoms with Crippen LogP contribution in [0.25, 0.3) is 0 Å². The molecular formula is C15H23N. The molecule has 0 amide bonds. The lowest BCUT2D eigenvalue weighted by atomic mass is 9.70. The fourth-order valence-electron chi connectivity index (χ4n) is 3.15. The minimum atomic E-state index is 0.444. The molecule has 1 heterocycles. The van der Waals surface area contributed by atoms with Gasteiger partial charge in [0.25, 0.3) is 0 Å². The molecule has 88 valence electrons. The lowest BCUT2D eigenvalue weighted by Crippen LogP contribution is -2.26. The highest BCUT2D eigenvalue weighted by Gasteiger charge is 2.39. The van der Waals surface area contributed by atoms with Crippen LogP contribution in [0.5, 0.6) is 0 Å². The van der Waals surface area contributed by atoms with Crippen LogP contribution >= 0.6 is 0 Å². The number of aromatic nitrogens is 1. The Morgan fingerprint density at radius 3 is 2.75 bits per heavy atom. The molecule has 1 aliphatic rings. The first-order chi connectivity index (χ1) is 7.60. The summed E-state index contributed by atoms with van der Waals surface area (Å²) in [6.45, 7) is 9.46. The van der Waals surface area contributed by atoms with Gasteiger partial charge in [-0.15, -0.1) is 0 Å². The standard InChI is InChI=1S/C15H23N/c1-5-12-13-7-8-16-10-11(13)9-14(12)15(3,4)6-2/h7-8,10,12,14H,5-6,9H2,1-4H3. The summed E-state index contributed by atoms with van der Waals surface area (Å²) in [6.07, 6.45) is 7.76. The van der Waals surface area contributed by atoms with Crippen LogP contribution in [0.4, 0.5) is 0 Å². The predicted molar refractivity (Wildman–Crippen MR) is 68.5 cm³/mol. The lowest BCUT2D eigenvalue weighted by Gasteiger charge is -2.35. The molecule has 1 aliphatic carbocycles. The van der Waals surface area contributed by atoms with Crippen LogP contribution < -0.4 is 0 Å². The van der Waals surface area contributed by atoms with Gasteiger partial charge in [-0.05, 0) is 47.3 Å². The molecule has 2 rings (SSSR count). The zero-order valence-corrected chi connectivity index (χ0v) is 11.0. The highest BCUT2D eigenvalue weighted by Crippen LogP contribution is 2.49. The van der Waals surface area contributed by atoms with Crippen molar-refractivity contribution in [2.75, 3.05) is 0 Å². The molecule has 2 atom stereocenters. The van der Waals surface area contributed by atoms with E-state index in [-0.39, 0.29) is 0 Å². The van der Waals surface area contributed by atoms with Crippen molar-refractivity contribution < 1.29 is 0 Å². The molecule has 0 fully saturated rings. The monoisotopic (exact) mass is 217 g/mol. The maximum Gasteiger partial charge on any atom is 0.0302 e. The van der Waals surface area contributed by atoms with Crippen molar-refractivity contribution in [2.24, 2.45) is 11.3 Å². The number of rotatable bonds is 3. The van der Waals surface area contributed by atoms with Gasteiger partial charge in [-0.3, -0.25) is 4.98 Å². The van der Waals surface area contributed by atoms with Crippen molar-refractivity contribution >= 4 is 0 Å². The van der Waals surface area contributed by atoms with Crippen LogP contribution in [-0.4, -0.2) is 4.98 Å². The highest BCUT2D eigenvalue weighted by molar-refractivity contribution is 5.34. The van der Waals surface area contributed by atoms with Crippen molar-refractivity contribution in [2.45, 2.75) is 52.9 Å². The molecule has 0 saturated carbocycles. The second-order valence-electron chi connectivity index (χ2n) is 5.74. The van der Waals surface area contributed by atoms with E-state index in [1.807, 2.05) is 6.20 Å². The topological polar surface area (TPSA) is 12.9 Å². The quantitative estimate of drug-likeness (QED) is 0.740. The van der Waals surface area contributed by atoms with Gasteiger partial charge in [0.2, 0.25) is 0 Å². The predicted octanol–water partition coefficient (Wildman–Crippen LogP) is 4.18. The fourth-order valence-corrected chi connectivity index (χ4v) is 3.15. The maximum absolute atomic E-state index is 4.27. The molecule has 0 aliphatic heterocycles. The van der Waals surface area contributed by atoms with Gasteiger partial charge in [-0.25, -0.2) is 0 Å². The summed E-state index contributed by atoms with van der Waals surface area (Å²) in [4.78, 5) is 4.27. The molecule has 1 heteroatoms. The first kappa shape index (κ1) is 11.6. The van der Waals surface area contributed by atoms with Crippen LogP contribution in [0.3, 0.4) is 0 Å². The summed E-state index contributed by atoms with van der Waals surface area (Å²) in [5, 5.41) is 0. The zero-order valence-electron chi connectivity index (χ0n) is 11.0. The van der Waals surface area contributed by atoms with Gasteiger partial charge in [-0.1, -0.05) is 34.1 Å². The minimum absolute atomic E-state index is 0.444. The van der Waals surface area contributed by atoms with Gasteiger partial charge in [0.15, 0.2) is 0 Å². The third kappa shape index (κ3) is 1.77. The molecule has 0 aromatic carbocycles. The number of nitrogens with zero attached hydrogens (tertiary/aromatic N) is 1. The largest absolute Gasteiger partial charge is 0.264 e. The molecular weight excluding hydrogens is 194 g/mol. The van der Waals surface area contributed by atoms with Crippen LogP contribution in [0, 0.1) is 11.3 Å². The molecule has 0 bridgehead atoms. The summed E-state index contributed by atoms with van der Waals surface area (Å²) in [7, 11) is 0. The molecule has 1 aromatic rings. The fraction of sp³-hybridized carbons (Fsp3) is 0.667. The van der Waals surface area contributed by atoms with Gasteiger partial charge >= 0.3 is 0 Å². The van der Waals surface area contributed by atoms with Crippen molar-refractivity contribution in [1.29, 1.82) is 0 Å². The van der Waals surface area contributed by atoms with E-state index < -0.39 is 0 Å². The van der Waals surface area contributed by atoms with Crippen LogP contribution in [0.15, 0.2) is 18.5 Å². The smallest absolute Gasteiger partial charge is 0.0302 e. The van der Waals surface area contributed by atoms with E-state index in [9.17, 15) is 0 Å². The van der Waals surface area contributed by atoms with Gasteiger partial charge < -0.3 is 0 Å². The Morgan fingerprint density at radius 1 is 1.38 bits per heavy atom. The van der Waals surface area contributed by atoms with E-state index in [0.29, 0.717) is 5.41 Å². The van der Waals surface area contributed by atoms with Crippen LogP contribution in [0.1, 0.15) is 57.6 Å². The normalized spacial score (nSPS) is 24.5. The molecule has 1 nitrogen and oxygen atoms in total. The summed E-state index contributed by atoms with van der Waals surface area (Å²) < 4.78 is 0. The maximum atomic E-state index is 4.27. The zero-order chi connectivity index (χ0) is 11.8. The Labute approximate surface area is 99.3 Å². The third-order valence-corrected chi connectivity index (χ3v) is 4.62. The van der Waals surface area contributed by atoms with Crippen LogP contribution in [0.2, 0.25) is 0 Å². The van der Waals surface area contributed by atoms with E-state index in [2.05, 4.69) is 44.9 Å². The summed E-state index contributed by atoms with van der Waals surface area (Å²) in [5.41, 5.74) is 3.49. The summed E-state index contributed by atoms with van der Waals surface area (Å²) in [5.74, 6) is 1.54. The van der Waals surface area contributed by atoms with E-state index in [4.69, 9.17) is 0 Å². The van der Waals surface area contributed by atoms with Gasteiger partial charge in [0, 0.05) is 12.4 Å². The number of hydrogen-bond acceptors (Lipinski definition) is 1. The second-order valence-corrected chi connectivity index (χ2v) is 5.74. The van der Waals surface area contributed by atoms with Crippen LogP contribution in [-0.2, 0) is 6.42 Å². The minimum Gasteiger partial charge on any atom is -0.264 e. The SMILES string of the molecule is CCC1c2ccncc2CC1C(C)(C)CC. The highest BCUT2D eigenvalue weighted by atomic mass is 14.6. The van der Waals surface area contributed by atoms with Crippen molar-refractivity contribution in [3.63, 3.8) is 0 Å². The lowest BCUT2D eigenvalue weighted by molar-refractivity contribution is 0.179. The van der Waals surface area contributed by atoms with Gasteiger partial charge in [0.1, 0.15) is 0 Å². The Morgan fingerprint density at radius 2 is 2.12 bits per heavy atom. The van der Waals surface area contributed by atoms with E-state index in [0.717, 1.165) is 11.8 Å².